The van der Waals surface area contributed by atoms with Crippen molar-refractivity contribution in [3.05, 3.63) is 29.8 Å². The fourth-order valence-electron chi connectivity index (χ4n) is 2.57. The van der Waals surface area contributed by atoms with Gasteiger partial charge >= 0.3 is 0 Å². The Labute approximate surface area is 164 Å². The molecule has 8 nitrogen and oxygen atoms in total. The van der Waals surface area contributed by atoms with Gasteiger partial charge in [-0.15, -0.1) is 10.2 Å². The number of aliphatic carboxylic acids is 1. The molecule has 10 heteroatoms. The maximum absolute atomic E-state index is 12.5. The molecule has 1 aliphatic rings. The van der Waals surface area contributed by atoms with Crippen molar-refractivity contribution < 1.29 is 19.5 Å². The third-order valence-corrected chi connectivity index (χ3v) is 6.09. The van der Waals surface area contributed by atoms with Crippen molar-refractivity contribution in [2.75, 3.05) is 16.8 Å². The molecule has 0 saturated carbocycles. The lowest BCUT2D eigenvalue weighted by atomic mass is 10.1. The number of anilines is 2. The molecule has 27 heavy (non-hydrogen) atoms. The third-order valence-electron chi connectivity index (χ3n) is 4.09. The zero-order valence-electron chi connectivity index (χ0n) is 14.7. The molecule has 0 radical (unpaired) electrons. The first-order valence-corrected chi connectivity index (χ1v) is 9.92. The van der Waals surface area contributed by atoms with Crippen LogP contribution in [0.25, 0.3) is 0 Å². The summed E-state index contributed by atoms with van der Waals surface area (Å²) in [6, 6.07) is 7.56. The maximum atomic E-state index is 12.5. The van der Waals surface area contributed by atoms with Gasteiger partial charge in [-0.05, 0) is 26.0 Å². The number of benzene rings is 1. The highest BCUT2D eigenvalue weighted by Gasteiger charge is 2.35. The fourth-order valence-corrected chi connectivity index (χ4v) is 4.40. The van der Waals surface area contributed by atoms with E-state index >= 15 is 0 Å². The number of carboxylic acid groups (broad SMARTS) is 1. The molecule has 1 aromatic carbocycles. The van der Waals surface area contributed by atoms with Crippen molar-refractivity contribution in [1.82, 2.24) is 10.2 Å². The average molecular weight is 405 g/mol. The van der Waals surface area contributed by atoms with Gasteiger partial charge in [0.25, 0.3) is 0 Å². The van der Waals surface area contributed by atoms with Crippen LogP contribution in [0.3, 0.4) is 0 Å². The van der Waals surface area contributed by atoms with Gasteiger partial charge in [-0.1, -0.05) is 40.8 Å². The molecule has 3 rings (SSSR count). The highest BCUT2D eigenvalue weighted by molar-refractivity contribution is 8.02. The number of hydrogen-bond acceptors (Lipinski definition) is 8. The molecule has 1 saturated heterocycles. The predicted octanol–water partition coefficient (Wildman–Crippen LogP) is 1.07. The number of rotatable bonds is 6. The van der Waals surface area contributed by atoms with Crippen LogP contribution in [0.15, 0.2) is 28.6 Å². The van der Waals surface area contributed by atoms with Crippen LogP contribution in [0.4, 0.5) is 10.8 Å². The number of amides is 2. The molecular weight excluding hydrogens is 388 g/mol. The van der Waals surface area contributed by atoms with E-state index in [0.717, 1.165) is 34.3 Å². The molecule has 1 fully saturated rings. The minimum Gasteiger partial charge on any atom is -0.549 e. The Morgan fingerprint density at radius 3 is 2.70 bits per heavy atom. The summed E-state index contributed by atoms with van der Waals surface area (Å²) in [4.78, 5) is 37.1. The van der Waals surface area contributed by atoms with Crippen molar-refractivity contribution in [3.63, 3.8) is 0 Å². The van der Waals surface area contributed by atoms with Crippen LogP contribution in [-0.4, -0.2) is 39.8 Å². The van der Waals surface area contributed by atoms with E-state index in [4.69, 9.17) is 0 Å². The molecule has 0 bridgehead atoms. The Morgan fingerprint density at radius 1 is 1.33 bits per heavy atom. The van der Waals surface area contributed by atoms with Gasteiger partial charge in [0.1, 0.15) is 0 Å². The summed E-state index contributed by atoms with van der Waals surface area (Å²) in [7, 11) is 0. The highest BCUT2D eigenvalue weighted by atomic mass is 32.2. The SMILES string of the molecule is Cc1ccc(N2C[C@H](C(=O)Nc3nnc(S[C@@H](C)C(=O)[O-])s3)CC2=O)cc1. The lowest BCUT2D eigenvalue weighted by molar-refractivity contribution is -0.304. The Hall–Kier alpha value is -2.46. The van der Waals surface area contributed by atoms with E-state index in [1.165, 1.54) is 6.92 Å². The van der Waals surface area contributed by atoms with Crippen LogP contribution in [0.5, 0.6) is 0 Å². The summed E-state index contributed by atoms with van der Waals surface area (Å²) in [6.45, 7) is 3.76. The molecule has 1 N–H and O–H groups in total. The van der Waals surface area contributed by atoms with Crippen LogP contribution < -0.4 is 15.3 Å². The van der Waals surface area contributed by atoms with Gasteiger partial charge in [0.2, 0.25) is 16.9 Å². The standard InChI is InChI=1S/C17H18N4O4S2/c1-9-3-5-12(6-4-9)21-8-11(7-13(21)22)14(23)18-16-19-20-17(27-16)26-10(2)15(24)25/h3-6,10-11H,7-8H2,1-2H3,(H,24,25)(H,18,19,23)/p-1/t10-,11+/m0/s1. The van der Waals surface area contributed by atoms with Crippen molar-refractivity contribution in [2.45, 2.75) is 29.9 Å². The molecule has 2 aromatic rings. The van der Waals surface area contributed by atoms with Crippen molar-refractivity contribution in [1.29, 1.82) is 0 Å². The number of carboxylic acids is 1. The molecule has 2 amide bonds. The monoisotopic (exact) mass is 405 g/mol. The number of aromatic nitrogens is 2. The lowest BCUT2D eigenvalue weighted by Crippen LogP contribution is -2.31. The van der Waals surface area contributed by atoms with E-state index in [1.807, 2.05) is 31.2 Å². The molecule has 0 aliphatic carbocycles. The molecule has 1 aliphatic heterocycles. The van der Waals surface area contributed by atoms with Crippen molar-refractivity contribution >= 4 is 51.7 Å². The predicted molar refractivity (Wildman–Crippen MR) is 101 cm³/mol. The molecule has 0 unspecified atom stereocenters. The average Bonchev–Trinajstić information content (AvgIpc) is 3.22. The number of carbonyl (C=O) groups is 3. The first-order valence-electron chi connectivity index (χ1n) is 8.22. The minimum absolute atomic E-state index is 0.102. The van der Waals surface area contributed by atoms with Crippen molar-refractivity contribution in [3.8, 4) is 0 Å². The minimum atomic E-state index is -1.19. The smallest absolute Gasteiger partial charge is 0.231 e. The quantitative estimate of drug-likeness (QED) is 0.564. The summed E-state index contributed by atoms with van der Waals surface area (Å²) >= 11 is 2.08. The zero-order chi connectivity index (χ0) is 19.6. The van der Waals surface area contributed by atoms with E-state index in [2.05, 4.69) is 15.5 Å². The van der Waals surface area contributed by atoms with E-state index < -0.39 is 17.1 Å². The van der Waals surface area contributed by atoms with Crippen LogP contribution in [-0.2, 0) is 14.4 Å². The van der Waals surface area contributed by atoms with Gasteiger partial charge < -0.3 is 20.1 Å². The second-order valence-corrected chi connectivity index (χ2v) is 8.75. The van der Waals surface area contributed by atoms with Crippen LogP contribution in [0.2, 0.25) is 0 Å². The Balaban J connectivity index is 1.60. The second kappa shape index (κ2) is 8.05. The number of aryl methyl sites for hydroxylation is 1. The summed E-state index contributed by atoms with van der Waals surface area (Å²) in [5, 5.41) is 20.6. The van der Waals surface area contributed by atoms with E-state index in [1.54, 1.807) is 4.90 Å². The molecule has 2 atom stereocenters. The molecule has 142 valence electrons. The van der Waals surface area contributed by atoms with E-state index in [0.29, 0.717) is 10.9 Å². The summed E-state index contributed by atoms with van der Waals surface area (Å²) in [5.41, 5.74) is 1.87. The van der Waals surface area contributed by atoms with E-state index in [9.17, 15) is 19.5 Å². The maximum Gasteiger partial charge on any atom is 0.231 e. The number of carbonyl (C=O) groups excluding carboxylic acids is 3. The number of nitrogens with one attached hydrogen (secondary N) is 1. The van der Waals surface area contributed by atoms with Crippen LogP contribution in [0.1, 0.15) is 18.9 Å². The first-order chi connectivity index (χ1) is 12.8. The lowest BCUT2D eigenvalue weighted by Gasteiger charge is -2.16. The van der Waals surface area contributed by atoms with Crippen LogP contribution in [0, 0.1) is 12.8 Å². The first kappa shape index (κ1) is 19.3. The second-order valence-electron chi connectivity index (χ2n) is 6.18. The Morgan fingerprint density at radius 2 is 2.04 bits per heavy atom. The van der Waals surface area contributed by atoms with Crippen LogP contribution >= 0.6 is 23.1 Å². The third kappa shape index (κ3) is 4.64. The largest absolute Gasteiger partial charge is 0.549 e. The fraction of sp³-hybridized carbons (Fsp3) is 0.353. The topological polar surface area (TPSA) is 115 Å². The molecular formula is C17H17N4O4S2-. The zero-order valence-corrected chi connectivity index (χ0v) is 16.3. The number of thioether (sulfide) groups is 1. The highest BCUT2D eigenvalue weighted by Crippen LogP contribution is 2.30. The molecule has 0 spiro atoms. The van der Waals surface area contributed by atoms with Gasteiger partial charge in [-0.3, -0.25) is 9.59 Å². The summed E-state index contributed by atoms with van der Waals surface area (Å²) in [6.07, 6.45) is 0.127. The summed E-state index contributed by atoms with van der Waals surface area (Å²) in [5.74, 6) is -2.09. The Bertz CT molecular complexity index is 868. The van der Waals surface area contributed by atoms with Gasteiger partial charge in [0.05, 0.1) is 11.9 Å². The van der Waals surface area contributed by atoms with Gasteiger partial charge in [0, 0.05) is 23.9 Å². The van der Waals surface area contributed by atoms with Crippen molar-refractivity contribution in [2.24, 2.45) is 5.92 Å². The van der Waals surface area contributed by atoms with Gasteiger partial charge in [0.15, 0.2) is 4.34 Å². The Kier molecular flexibility index (Phi) is 5.76. The normalized spacial score (nSPS) is 17.8. The number of nitrogens with zero attached hydrogens (tertiary/aromatic N) is 3. The molecule has 2 heterocycles. The molecule has 1 aromatic heterocycles. The van der Waals surface area contributed by atoms with Gasteiger partial charge in [-0.25, -0.2) is 0 Å². The van der Waals surface area contributed by atoms with E-state index in [-0.39, 0.29) is 23.4 Å². The number of hydrogen-bond donors (Lipinski definition) is 1. The van der Waals surface area contributed by atoms with Gasteiger partial charge in [-0.2, -0.15) is 0 Å². The summed E-state index contributed by atoms with van der Waals surface area (Å²) < 4.78 is 0.422.